The van der Waals surface area contributed by atoms with Gasteiger partial charge in [0.15, 0.2) is 17.5 Å². The molecule has 2 aromatic heterocycles. The molecule has 0 fully saturated rings. The van der Waals surface area contributed by atoms with Crippen molar-refractivity contribution in [1.82, 2.24) is 24.3 Å². The fourth-order valence-electron chi connectivity index (χ4n) is 3.93. The van der Waals surface area contributed by atoms with Crippen LogP contribution in [0.15, 0.2) is 48.9 Å². The number of aromatic nitrogens is 5. The van der Waals surface area contributed by atoms with Crippen LogP contribution >= 0.6 is 0 Å². The van der Waals surface area contributed by atoms with Gasteiger partial charge < -0.3 is 9.47 Å². The van der Waals surface area contributed by atoms with E-state index in [2.05, 4.69) is 19.9 Å². The number of hydrogen-bond acceptors (Lipinski definition) is 4. The highest BCUT2D eigenvalue weighted by Crippen LogP contribution is 2.31. The maximum absolute atomic E-state index is 13.8. The summed E-state index contributed by atoms with van der Waals surface area (Å²) in [6, 6.07) is 8.83. The number of alkyl halides is 2. The first-order valence-electron chi connectivity index (χ1n) is 10.4. The molecule has 0 saturated carbocycles. The van der Waals surface area contributed by atoms with E-state index in [1.165, 1.54) is 23.2 Å². The number of hydrogen-bond donors (Lipinski definition) is 0. The molecule has 0 atom stereocenters. The molecule has 4 aromatic rings. The molecule has 172 valence electrons. The lowest BCUT2D eigenvalue weighted by atomic mass is 10.1. The molecular weight excluding hydrogens is 450 g/mol. The number of rotatable bonds is 5. The summed E-state index contributed by atoms with van der Waals surface area (Å²) in [5, 5.41) is 4.54. The van der Waals surface area contributed by atoms with Crippen LogP contribution in [0.25, 0.3) is 10.5 Å². The van der Waals surface area contributed by atoms with Crippen molar-refractivity contribution in [3.8, 4) is 5.69 Å². The Morgan fingerprint density at radius 2 is 1.91 bits per heavy atom. The van der Waals surface area contributed by atoms with Crippen LogP contribution in [0.3, 0.4) is 0 Å². The van der Waals surface area contributed by atoms with Crippen molar-refractivity contribution in [3.05, 3.63) is 89.1 Å². The van der Waals surface area contributed by atoms with Crippen molar-refractivity contribution in [3.63, 3.8) is 0 Å². The third-order valence-electron chi connectivity index (χ3n) is 5.53. The van der Waals surface area contributed by atoms with Crippen LogP contribution in [-0.2, 0) is 13.0 Å². The van der Waals surface area contributed by atoms with Gasteiger partial charge in [0, 0.05) is 37.5 Å². The maximum atomic E-state index is 13.8. The van der Waals surface area contributed by atoms with Crippen LogP contribution in [0.5, 0.6) is 0 Å². The van der Waals surface area contributed by atoms with Crippen LogP contribution in [0.2, 0.25) is 0 Å². The maximum Gasteiger partial charge on any atom is 0.281 e. The fraction of sp³-hybridized carbons (Fsp3) is 0.217. The van der Waals surface area contributed by atoms with Gasteiger partial charge in [-0.2, -0.15) is 10.1 Å². The molecule has 0 spiro atoms. The Balaban J connectivity index is 1.41. The van der Waals surface area contributed by atoms with Crippen molar-refractivity contribution in [2.75, 3.05) is 11.4 Å². The largest absolute Gasteiger partial charge is 0.316 e. The molecule has 11 heteroatoms. The van der Waals surface area contributed by atoms with Gasteiger partial charge in [0.2, 0.25) is 11.6 Å². The normalized spacial score (nSPS) is 13.2. The quantitative estimate of drug-likeness (QED) is 0.293. The molecule has 1 aliphatic heterocycles. The highest BCUT2D eigenvalue weighted by atomic mass is 19.3. The number of imidazole rings is 1. The summed E-state index contributed by atoms with van der Waals surface area (Å²) in [6.45, 7) is 8.73. The molecule has 0 amide bonds. The first-order valence-corrected chi connectivity index (χ1v) is 10.4. The first kappa shape index (κ1) is 21.6. The third kappa shape index (κ3) is 3.98. The van der Waals surface area contributed by atoms with E-state index in [1.807, 2.05) is 0 Å². The number of anilines is 2. The van der Waals surface area contributed by atoms with Crippen molar-refractivity contribution >= 4 is 17.3 Å². The van der Waals surface area contributed by atoms with Crippen molar-refractivity contribution in [1.29, 1.82) is 0 Å². The molecule has 7 nitrogen and oxygen atoms in total. The molecule has 0 saturated heterocycles. The smallest absolute Gasteiger partial charge is 0.281 e. The topological polar surface area (TPSA) is 56.1 Å². The molecule has 0 bridgehead atoms. The number of benzene rings is 2. The Labute approximate surface area is 191 Å². The molecule has 0 unspecified atom stereocenters. The van der Waals surface area contributed by atoms with Gasteiger partial charge in [-0.25, -0.2) is 32.1 Å². The van der Waals surface area contributed by atoms with Gasteiger partial charge in [0.05, 0.1) is 18.6 Å². The van der Waals surface area contributed by atoms with Gasteiger partial charge in [0.25, 0.3) is 6.43 Å². The van der Waals surface area contributed by atoms with E-state index in [9.17, 15) is 17.6 Å². The highest BCUT2D eigenvalue weighted by Gasteiger charge is 2.23. The van der Waals surface area contributed by atoms with Gasteiger partial charge in [0.1, 0.15) is 5.69 Å². The predicted octanol–water partition coefficient (Wildman–Crippen LogP) is 5.36. The molecule has 0 N–H and O–H groups in total. The van der Waals surface area contributed by atoms with Crippen LogP contribution in [0.4, 0.5) is 34.9 Å². The second-order valence-electron chi connectivity index (χ2n) is 7.77. The molecule has 1 aliphatic rings. The molecule has 2 aromatic carbocycles. The molecule has 3 heterocycles. The zero-order valence-corrected chi connectivity index (χ0v) is 17.7. The number of fused-ring (bicyclic) bond motifs is 1. The average molecular weight is 467 g/mol. The summed E-state index contributed by atoms with van der Waals surface area (Å²) in [5.41, 5.74) is 1.62. The Morgan fingerprint density at radius 3 is 2.65 bits per heavy atom. The van der Waals surface area contributed by atoms with Crippen LogP contribution in [0.1, 0.15) is 29.9 Å². The summed E-state index contributed by atoms with van der Waals surface area (Å²) in [6.07, 6.45) is 0.855. The second-order valence-corrected chi connectivity index (χ2v) is 7.77. The third-order valence-corrected chi connectivity index (χ3v) is 5.53. The fourth-order valence-corrected chi connectivity index (χ4v) is 3.93. The van der Waals surface area contributed by atoms with Gasteiger partial charge in [-0.3, -0.25) is 0 Å². The van der Waals surface area contributed by atoms with Crippen LogP contribution in [0, 0.1) is 18.2 Å². The standard InChI is InChI=1S/C23H17F4N7/c1-28-18-9-14(3-6-20(18)32-12-19(22(26)27)29-13-32)10-21-30-23-33(7-2-8-34(23)31-21)15-4-5-16(24)17(25)11-15/h3-6,9,11-13,22H,2,7-8,10H2. The SMILES string of the molecule is [C-]#[N+]c1cc(Cc2nc3n(n2)CCCN3c2ccc(F)c(F)c2)ccc1-n1cnc(C(F)F)c1. The molecule has 5 rings (SSSR count). The number of aryl methyl sites for hydroxylation is 1. The highest BCUT2D eigenvalue weighted by molar-refractivity contribution is 5.64. The number of nitrogens with zero attached hydrogens (tertiary/aromatic N) is 7. The van der Waals surface area contributed by atoms with E-state index in [-0.39, 0.29) is 11.4 Å². The number of halogens is 4. The summed E-state index contributed by atoms with van der Waals surface area (Å²) in [4.78, 5) is 13.6. The van der Waals surface area contributed by atoms with Gasteiger partial charge >= 0.3 is 0 Å². The summed E-state index contributed by atoms with van der Waals surface area (Å²) in [5.74, 6) is -0.800. The summed E-state index contributed by atoms with van der Waals surface area (Å²) >= 11 is 0. The first-order chi connectivity index (χ1) is 16.4. The van der Waals surface area contributed by atoms with E-state index in [0.717, 1.165) is 24.1 Å². The summed E-state index contributed by atoms with van der Waals surface area (Å²) in [7, 11) is 0. The Bertz CT molecular complexity index is 1400. The van der Waals surface area contributed by atoms with Gasteiger partial charge in [-0.1, -0.05) is 17.7 Å². The minimum Gasteiger partial charge on any atom is -0.316 e. The average Bonchev–Trinajstić information content (AvgIpc) is 3.48. The van der Waals surface area contributed by atoms with E-state index in [0.29, 0.717) is 42.7 Å². The lowest BCUT2D eigenvalue weighted by Gasteiger charge is -2.27. The van der Waals surface area contributed by atoms with Crippen LogP contribution < -0.4 is 4.90 Å². The second kappa shape index (κ2) is 8.62. The van der Waals surface area contributed by atoms with Crippen LogP contribution in [-0.4, -0.2) is 30.9 Å². The monoisotopic (exact) mass is 467 g/mol. The van der Waals surface area contributed by atoms with Crippen molar-refractivity contribution < 1.29 is 17.6 Å². The van der Waals surface area contributed by atoms with E-state index in [4.69, 9.17) is 6.57 Å². The Kier molecular flexibility index (Phi) is 5.49. The van der Waals surface area contributed by atoms with E-state index >= 15 is 0 Å². The molecular formula is C23H17F4N7. The lowest BCUT2D eigenvalue weighted by molar-refractivity contribution is 0.146. The van der Waals surface area contributed by atoms with Gasteiger partial charge in [-0.15, -0.1) is 0 Å². The minimum absolute atomic E-state index is 0.281. The van der Waals surface area contributed by atoms with Crippen molar-refractivity contribution in [2.24, 2.45) is 0 Å². The zero-order valence-electron chi connectivity index (χ0n) is 17.7. The van der Waals surface area contributed by atoms with Gasteiger partial charge in [-0.05, 0) is 24.6 Å². The Hall–Kier alpha value is -4.20. The van der Waals surface area contributed by atoms with E-state index in [1.54, 1.807) is 27.8 Å². The molecule has 34 heavy (non-hydrogen) atoms. The predicted molar refractivity (Wildman–Crippen MR) is 116 cm³/mol. The summed E-state index contributed by atoms with van der Waals surface area (Å²) < 4.78 is 56.0. The van der Waals surface area contributed by atoms with E-state index < -0.39 is 18.1 Å². The molecule has 0 radical (unpaired) electrons. The lowest BCUT2D eigenvalue weighted by Crippen LogP contribution is -2.28. The minimum atomic E-state index is -2.69. The zero-order chi connectivity index (χ0) is 23.8. The van der Waals surface area contributed by atoms with Crippen molar-refractivity contribution in [2.45, 2.75) is 25.8 Å². The molecule has 0 aliphatic carbocycles. The Morgan fingerprint density at radius 1 is 1.06 bits per heavy atom.